The fourth-order valence-corrected chi connectivity index (χ4v) is 1.50. The smallest absolute Gasteiger partial charge is 0.143 e. The molecular formula is C14H14N2O2. The maximum atomic E-state index is 9.64. The van der Waals surface area contributed by atoms with Crippen LogP contribution in [0.2, 0.25) is 0 Å². The second-order valence-corrected chi connectivity index (χ2v) is 3.89. The number of rotatable bonds is 3. The minimum Gasteiger partial charge on any atom is -0.506 e. The number of aromatic hydroxyl groups is 1. The Bertz CT molecular complexity index is 580. The third kappa shape index (κ3) is 2.85. The molecule has 0 radical (unpaired) electrons. The van der Waals surface area contributed by atoms with Crippen molar-refractivity contribution in [2.24, 2.45) is 10.2 Å². The average molecular weight is 242 g/mol. The van der Waals surface area contributed by atoms with E-state index in [4.69, 9.17) is 4.74 Å². The number of benzene rings is 2. The van der Waals surface area contributed by atoms with Crippen LogP contribution in [0.4, 0.5) is 11.4 Å². The molecule has 2 aromatic rings. The first-order chi connectivity index (χ1) is 8.69. The van der Waals surface area contributed by atoms with Crippen LogP contribution in [0.3, 0.4) is 0 Å². The van der Waals surface area contributed by atoms with E-state index in [1.165, 1.54) is 0 Å². The number of hydrogen-bond acceptors (Lipinski definition) is 4. The van der Waals surface area contributed by atoms with Crippen LogP contribution in [0.1, 0.15) is 5.56 Å². The Kier molecular flexibility index (Phi) is 3.57. The molecule has 2 rings (SSSR count). The summed E-state index contributed by atoms with van der Waals surface area (Å²) in [5.74, 6) is 0.840. The van der Waals surface area contributed by atoms with Crippen molar-refractivity contribution in [2.45, 2.75) is 6.92 Å². The van der Waals surface area contributed by atoms with E-state index in [9.17, 15) is 5.11 Å². The van der Waals surface area contributed by atoms with Crippen LogP contribution in [0.5, 0.6) is 11.5 Å². The predicted octanol–water partition coefficient (Wildman–Crippen LogP) is 4.12. The van der Waals surface area contributed by atoms with Crippen molar-refractivity contribution < 1.29 is 9.84 Å². The Labute approximate surface area is 106 Å². The lowest BCUT2D eigenvalue weighted by Gasteiger charge is -2.00. The first-order valence-corrected chi connectivity index (χ1v) is 5.54. The third-order valence-electron chi connectivity index (χ3n) is 2.46. The van der Waals surface area contributed by atoms with Gasteiger partial charge in [0.1, 0.15) is 17.2 Å². The highest BCUT2D eigenvalue weighted by Crippen LogP contribution is 2.29. The van der Waals surface area contributed by atoms with Gasteiger partial charge in [-0.1, -0.05) is 12.1 Å². The van der Waals surface area contributed by atoms with Crippen LogP contribution in [0.15, 0.2) is 52.7 Å². The summed E-state index contributed by atoms with van der Waals surface area (Å²) in [5.41, 5.74) is 2.15. The summed E-state index contributed by atoms with van der Waals surface area (Å²) in [6, 6.07) is 12.5. The van der Waals surface area contributed by atoms with Crippen molar-refractivity contribution in [3.8, 4) is 11.5 Å². The molecule has 0 amide bonds. The summed E-state index contributed by atoms with van der Waals surface area (Å²) in [6.07, 6.45) is 0. The molecule has 0 saturated carbocycles. The summed E-state index contributed by atoms with van der Waals surface area (Å²) in [5, 5.41) is 17.7. The highest BCUT2D eigenvalue weighted by Gasteiger charge is 1.99. The van der Waals surface area contributed by atoms with Gasteiger partial charge in [-0.05, 0) is 36.8 Å². The molecule has 0 saturated heterocycles. The van der Waals surface area contributed by atoms with Crippen LogP contribution in [-0.4, -0.2) is 12.2 Å². The zero-order valence-corrected chi connectivity index (χ0v) is 10.3. The molecule has 0 aromatic heterocycles. The monoisotopic (exact) mass is 242 g/mol. The fourth-order valence-electron chi connectivity index (χ4n) is 1.50. The Balaban J connectivity index is 2.26. The van der Waals surface area contributed by atoms with Gasteiger partial charge in [-0.25, -0.2) is 0 Å². The normalized spacial score (nSPS) is 10.8. The van der Waals surface area contributed by atoms with E-state index in [0.717, 1.165) is 11.3 Å². The lowest BCUT2D eigenvalue weighted by atomic mass is 10.2. The predicted molar refractivity (Wildman–Crippen MR) is 70.0 cm³/mol. The highest BCUT2D eigenvalue weighted by molar-refractivity contribution is 5.53. The van der Waals surface area contributed by atoms with Crippen LogP contribution in [-0.2, 0) is 0 Å². The fraction of sp³-hybridized carbons (Fsp3) is 0.143. The van der Waals surface area contributed by atoms with Gasteiger partial charge in [0, 0.05) is 6.07 Å². The Morgan fingerprint density at radius 3 is 2.67 bits per heavy atom. The summed E-state index contributed by atoms with van der Waals surface area (Å²) in [6.45, 7) is 1.93. The van der Waals surface area contributed by atoms with Crippen molar-refractivity contribution in [1.82, 2.24) is 0 Å². The molecule has 1 N–H and O–H groups in total. The third-order valence-corrected chi connectivity index (χ3v) is 2.46. The zero-order chi connectivity index (χ0) is 13.0. The molecule has 0 fully saturated rings. The van der Waals surface area contributed by atoms with Crippen LogP contribution in [0.25, 0.3) is 0 Å². The molecule has 0 atom stereocenters. The van der Waals surface area contributed by atoms with Gasteiger partial charge < -0.3 is 9.84 Å². The summed E-state index contributed by atoms with van der Waals surface area (Å²) in [7, 11) is 1.60. The van der Waals surface area contributed by atoms with Crippen molar-refractivity contribution in [3.05, 3.63) is 48.0 Å². The quantitative estimate of drug-likeness (QED) is 0.823. The van der Waals surface area contributed by atoms with Gasteiger partial charge >= 0.3 is 0 Å². The minimum absolute atomic E-state index is 0.118. The van der Waals surface area contributed by atoms with E-state index in [1.807, 2.05) is 31.2 Å². The first kappa shape index (κ1) is 12.1. The first-order valence-electron chi connectivity index (χ1n) is 5.54. The highest BCUT2D eigenvalue weighted by atomic mass is 16.5. The van der Waals surface area contributed by atoms with Crippen LogP contribution >= 0.6 is 0 Å². The van der Waals surface area contributed by atoms with E-state index in [0.29, 0.717) is 11.4 Å². The summed E-state index contributed by atoms with van der Waals surface area (Å²) < 4.78 is 5.10. The Hall–Kier alpha value is -2.36. The second kappa shape index (κ2) is 5.31. The maximum Gasteiger partial charge on any atom is 0.143 e. The van der Waals surface area contributed by atoms with E-state index < -0.39 is 0 Å². The van der Waals surface area contributed by atoms with Gasteiger partial charge in [0.05, 0.1) is 12.8 Å². The molecule has 4 heteroatoms. The summed E-state index contributed by atoms with van der Waals surface area (Å²) >= 11 is 0. The number of hydrogen-bond donors (Lipinski definition) is 1. The van der Waals surface area contributed by atoms with Crippen molar-refractivity contribution >= 4 is 11.4 Å². The lowest BCUT2D eigenvalue weighted by molar-refractivity contribution is 0.415. The Morgan fingerprint density at radius 1 is 1.06 bits per heavy atom. The van der Waals surface area contributed by atoms with Crippen molar-refractivity contribution in [3.63, 3.8) is 0 Å². The van der Waals surface area contributed by atoms with Crippen LogP contribution < -0.4 is 4.74 Å². The number of phenols is 1. The molecule has 0 unspecified atom stereocenters. The second-order valence-electron chi connectivity index (χ2n) is 3.89. The van der Waals surface area contributed by atoms with E-state index in [2.05, 4.69) is 10.2 Å². The number of ether oxygens (including phenoxy) is 1. The molecule has 92 valence electrons. The van der Waals surface area contributed by atoms with E-state index >= 15 is 0 Å². The van der Waals surface area contributed by atoms with Gasteiger partial charge in [0.15, 0.2) is 0 Å². The summed E-state index contributed by atoms with van der Waals surface area (Å²) in [4.78, 5) is 0. The molecule has 0 spiro atoms. The minimum atomic E-state index is 0.118. The van der Waals surface area contributed by atoms with Crippen molar-refractivity contribution in [1.29, 1.82) is 0 Å². The number of nitrogens with zero attached hydrogens (tertiary/aromatic N) is 2. The molecule has 0 aliphatic rings. The van der Waals surface area contributed by atoms with Gasteiger partial charge in [0.2, 0.25) is 0 Å². The number of phenolic OH excluding ortho intramolecular Hbond substituents is 1. The average Bonchev–Trinajstić information content (AvgIpc) is 2.40. The van der Waals surface area contributed by atoms with Crippen molar-refractivity contribution in [2.75, 3.05) is 7.11 Å². The van der Waals surface area contributed by atoms with Gasteiger partial charge in [-0.15, -0.1) is 5.11 Å². The molecule has 18 heavy (non-hydrogen) atoms. The molecule has 0 aliphatic carbocycles. The van der Waals surface area contributed by atoms with E-state index in [-0.39, 0.29) is 5.75 Å². The lowest BCUT2D eigenvalue weighted by Crippen LogP contribution is -1.79. The largest absolute Gasteiger partial charge is 0.506 e. The van der Waals surface area contributed by atoms with Gasteiger partial charge in [0.25, 0.3) is 0 Å². The SMILES string of the molecule is COc1cccc(N=Nc2cc(C)ccc2O)c1. The van der Waals surface area contributed by atoms with Crippen LogP contribution in [0, 0.1) is 6.92 Å². The standard InChI is InChI=1S/C14H14N2O2/c1-10-6-7-14(17)13(8-10)16-15-11-4-3-5-12(9-11)18-2/h3-9,17H,1-2H3. The Morgan fingerprint density at radius 2 is 1.89 bits per heavy atom. The number of aryl methyl sites for hydroxylation is 1. The maximum absolute atomic E-state index is 9.64. The van der Waals surface area contributed by atoms with Gasteiger partial charge in [-0.3, -0.25) is 0 Å². The number of azo groups is 1. The molecule has 4 nitrogen and oxygen atoms in total. The van der Waals surface area contributed by atoms with Gasteiger partial charge in [-0.2, -0.15) is 5.11 Å². The molecule has 2 aromatic carbocycles. The van der Waals surface area contributed by atoms with E-state index in [1.54, 1.807) is 25.3 Å². The molecule has 0 bridgehead atoms. The molecule has 0 heterocycles. The molecular weight excluding hydrogens is 228 g/mol. The molecule has 0 aliphatic heterocycles. The zero-order valence-electron chi connectivity index (χ0n) is 10.3. The topological polar surface area (TPSA) is 54.2 Å². The number of methoxy groups -OCH3 is 1.